The van der Waals surface area contributed by atoms with Crippen molar-refractivity contribution in [3.05, 3.63) is 29.6 Å². The van der Waals surface area contributed by atoms with E-state index in [-0.39, 0.29) is 17.8 Å². The van der Waals surface area contributed by atoms with Crippen LogP contribution in [0.2, 0.25) is 0 Å². The van der Waals surface area contributed by atoms with Crippen LogP contribution in [0.25, 0.3) is 0 Å². The summed E-state index contributed by atoms with van der Waals surface area (Å²) in [5.41, 5.74) is 0.746. The minimum atomic E-state index is -1.06. The lowest BCUT2D eigenvalue weighted by atomic mass is 9.96. The van der Waals surface area contributed by atoms with Gasteiger partial charge in [0.05, 0.1) is 0 Å². The van der Waals surface area contributed by atoms with Gasteiger partial charge in [-0.2, -0.15) is 0 Å². The summed E-state index contributed by atoms with van der Waals surface area (Å²) in [6.07, 6.45) is 3.51. The van der Waals surface area contributed by atoms with E-state index in [9.17, 15) is 9.59 Å². The number of hydrogen-bond donors (Lipinski definition) is 3. The van der Waals surface area contributed by atoms with Crippen LogP contribution in [0.1, 0.15) is 49.7 Å². The highest BCUT2D eigenvalue weighted by molar-refractivity contribution is 5.85. The van der Waals surface area contributed by atoms with Gasteiger partial charge in [-0.15, -0.1) is 0 Å². The van der Waals surface area contributed by atoms with E-state index in [0.717, 1.165) is 18.4 Å². The molecule has 1 aromatic heterocycles. The van der Waals surface area contributed by atoms with Crippen molar-refractivity contribution in [2.45, 2.75) is 46.2 Å². The summed E-state index contributed by atoms with van der Waals surface area (Å²) in [5, 5.41) is 14.4. The molecule has 0 saturated carbocycles. The van der Waals surface area contributed by atoms with Crippen LogP contribution in [0.5, 0.6) is 0 Å². The fourth-order valence-corrected chi connectivity index (χ4v) is 2.21. The second-order valence-electron chi connectivity index (χ2n) is 5.05. The van der Waals surface area contributed by atoms with Crippen LogP contribution in [0.4, 0.5) is 4.79 Å². The molecule has 6 heteroatoms. The van der Waals surface area contributed by atoms with Gasteiger partial charge in [-0.3, -0.25) is 0 Å². The lowest BCUT2D eigenvalue weighted by Gasteiger charge is -2.22. The molecule has 0 bridgehead atoms. The van der Waals surface area contributed by atoms with Gasteiger partial charge in [-0.1, -0.05) is 32.8 Å². The number of amides is 2. The second kappa shape index (κ2) is 8.24. The molecule has 116 valence electrons. The Bertz CT molecular complexity index is 470. The van der Waals surface area contributed by atoms with Crippen LogP contribution in [-0.4, -0.2) is 28.1 Å². The average Bonchev–Trinajstić information content (AvgIpc) is 2.46. The summed E-state index contributed by atoms with van der Waals surface area (Å²) < 4.78 is 0. The van der Waals surface area contributed by atoms with Crippen LogP contribution in [0, 0.1) is 5.92 Å². The lowest BCUT2D eigenvalue weighted by molar-refractivity contribution is 0.0690. The molecule has 0 radical (unpaired) electrons. The summed E-state index contributed by atoms with van der Waals surface area (Å²) >= 11 is 0. The zero-order valence-electron chi connectivity index (χ0n) is 12.7. The Labute approximate surface area is 125 Å². The molecule has 6 nitrogen and oxygen atoms in total. The third-order valence-electron chi connectivity index (χ3n) is 3.61. The fourth-order valence-electron chi connectivity index (χ4n) is 2.21. The summed E-state index contributed by atoms with van der Waals surface area (Å²) in [5.74, 6) is -0.599. The maximum atomic E-state index is 11.8. The van der Waals surface area contributed by atoms with E-state index in [0.29, 0.717) is 12.5 Å². The summed E-state index contributed by atoms with van der Waals surface area (Å²) in [6.45, 7) is 6.54. The van der Waals surface area contributed by atoms with Gasteiger partial charge < -0.3 is 15.7 Å². The number of nitrogens with one attached hydrogen (secondary N) is 2. The van der Waals surface area contributed by atoms with Crippen molar-refractivity contribution in [3.8, 4) is 0 Å². The minimum Gasteiger partial charge on any atom is -0.477 e. The Hall–Kier alpha value is -2.11. The maximum Gasteiger partial charge on any atom is 0.354 e. The van der Waals surface area contributed by atoms with E-state index < -0.39 is 5.97 Å². The average molecular weight is 293 g/mol. The molecule has 1 unspecified atom stereocenters. The molecule has 0 saturated heterocycles. The van der Waals surface area contributed by atoms with Gasteiger partial charge in [-0.05, 0) is 24.5 Å². The molecule has 0 aromatic carbocycles. The van der Waals surface area contributed by atoms with Crippen molar-refractivity contribution in [2.24, 2.45) is 5.92 Å². The number of pyridine rings is 1. The molecule has 0 aliphatic heterocycles. The van der Waals surface area contributed by atoms with Crippen molar-refractivity contribution in [2.75, 3.05) is 0 Å². The number of hydrogen-bond acceptors (Lipinski definition) is 3. The summed E-state index contributed by atoms with van der Waals surface area (Å²) in [6, 6.07) is 2.95. The Morgan fingerprint density at radius 1 is 1.29 bits per heavy atom. The molecule has 2 amide bonds. The first kappa shape index (κ1) is 16.9. The monoisotopic (exact) mass is 293 g/mol. The number of rotatable bonds is 7. The highest BCUT2D eigenvalue weighted by atomic mass is 16.4. The Balaban J connectivity index is 2.44. The second-order valence-corrected chi connectivity index (χ2v) is 5.05. The number of carbonyl (C=O) groups is 2. The van der Waals surface area contributed by atoms with Crippen LogP contribution < -0.4 is 10.6 Å². The molecule has 0 aliphatic rings. The normalized spacial score (nSPS) is 12.0. The highest BCUT2D eigenvalue weighted by Gasteiger charge is 2.15. The Morgan fingerprint density at radius 2 is 1.95 bits per heavy atom. The van der Waals surface area contributed by atoms with Crippen LogP contribution in [0.15, 0.2) is 18.3 Å². The third-order valence-corrected chi connectivity index (χ3v) is 3.61. The minimum absolute atomic E-state index is 0.00874. The van der Waals surface area contributed by atoms with Crippen molar-refractivity contribution < 1.29 is 14.7 Å². The standard InChI is InChI=1S/C15H23N3O3/c1-4-12(5-2)10(3)18-15(21)17-9-11-6-7-13(14(19)20)16-8-11/h6-8,10,12H,4-5,9H2,1-3H3,(H,19,20)(H2,17,18,21). The summed E-state index contributed by atoms with van der Waals surface area (Å²) in [4.78, 5) is 26.3. The first-order valence-corrected chi connectivity index (χ1v) is 7.20. The first-order chi connectivity index (χ1) is 9.97. The third kappa shape index (κ3) is 5.41. The number of aromatic nitrogens is 1. The van der Waals surface area contributed by atoms with Crippen molar-refractivity contribution >= 4 is 12.0 Å². The largest absolute Gasteiger partial charge is 0.477 e. The quantitative estimate of drug-likeness (QED) is 0.720. The van der Waals surface area contributed by atoms with Gasteiger partial charge in [0, 0.05) is 18.8 Å². The van der Waals surface area contributed by atoms with Gasteiger partial charge in [-0.25, -0.2) is 14.6 Å². The zero-order chi connectivity index (χ0) is 15.8. The van der Waals surface area contributed by atoms with E-state index in [1.165, 1.54) is 12.3 Å². The van der Waals surface area contributed by atoms with Crippen LogP contribution in [-0.2, 0) is 6.54 Å². The van der Waals surface area contributed by atoms with Crippen molar-refractivity contribution in [1.82, 2.24) is 15.6 Å². The predicted octanol–water partition coefficient (Wildman–Crippen LogP) is 2.40. The molecule has 0 fully saturated rings. The molecule has 1 atom stereocenters. The summed E-state index contributed by atoms with van der Waals surface area (Å²) in [7, 11) is 0. The molecule has 0 spiro atoms. The molecule has 3 N–H and O–H groups in total. The molecular weight excluding hydrogens is 270 g/mol. The topological polar surface area (TPSA) is 91.3 Å². The van der Waals surface area contributed by atoms with Crippen molar-refractivity contribution in [1.29, 1.82) is 0 Å². The van der Waals surface area contributed by atoms with Gasteiger partial charge >= 0.3 is 12.0 Å². The SMILES string of the molecule is CCC(CC)C(C)NC(=O)NCc1ccc(C(=O)O)nc1. The molecule has 21 heavy (non-hydrogen) atoms. The number of aromatic carboxylic acids is 1. The number of carboxylic acids is 1. The zero-order valence-corrected chi connectivity index (χ0v) is 12.7. The number of nitrogens with zero attached hydrogens (tertiary/aromatic N) is 1. The molecule has 0 aliphatic carbocycles. The van der Waals surface area contributed by atoms with Gasteiger partial charge in [0.1, 0.15) is 5.69 Å². The maximum absolute atomic E-state index is 11.8. The van der Waals surface area contributed by atoms with E-state index >= 15 is 0 Å². The van der Waals surface area contributed by atoms with E-state index in [1.54, 1.807) is 6.07 Å². The van der Waals surface area contributed by atoms with E-state index in [2.05, 4.69) is 29.5 Å². The van der Waals surface area contributed by atoms with Gasteiger partial charge in [0.15, 0.2) is 0 Å². The first-order valence-electron chi connectivity index (χ1n) is 7.20. The highest BCUT2D eigenvalue weighted by Crippen LogP contribution is 2.12. The predicted molar refractivity (Wildman–Crippen MR) is 80.1 cm³/mol. The number of carbonyl (C=O) groups excluding carboxylic acids is 1. The molecule has 1 aromatic rings. The Morgan fingerprint density at radius 3 is 2.43 bits per heavy atom. The van der Waals surface area contributed by atoms with Gasteiger partial charge in [0.25, 0.3) is 0 Å². The molecular formula is C15H23N3O3. The molecule has 1 heterocycles. The van der Waals surface area contributed by atoms with E-state index in [1.807, 2.05) is 6.92 Å². The smallest absolute Gasteiger partial charge is 0.354 e. The molecule has 1 rings (SSSR count). The van der Waals surface area contributed by atoms with E-state index in [4.69, 9.17) is 5.11 Å². The van der Waals surface area contributed by atoms with Crippen LogP contribution in [0.3, 0.4) is 0 Å². The Kier molecular flexibility index (Phi) is 6.65. The van der Waals surface area contributed by atoms with Gasteiger partial charge in [0.2, 0.25) is 0 Å². The number of carboxylic acid groups (broad SMARTS) is 1. The fraction of sp³-hybridized carbons (Fsp3) is 0.533. The van der Waals surface area contributed by atoms with Crippen molar-refractivity contribution in [3.63, 3.8) is 0 Å². The van der Waals surface area contributed by atoms with Crippen LogP contribution >= 0.6 is 0 Å². The number of urea groups is 1. The lowest BCUT2D eigenvalue weighted by Crippen LogP contribution is -2.43.